The molecule has 0 fully saturated rings. The summed E-state index contributed by atoms with van der Waals surface area (Å²) in [6.07, 6.45) is 5.33. The SMILES string of the molecule is COc1cccc(NC(=S)NN=CC=Cc2ccccc2OC)c1. The first kappa shape index (κ1) is 17.5. The molecule has 0 atom stereocenters. The van der Waals surface area contributed by atoms with Crippen molar-refractivity contribution < 1.29 is 9.47 Å². The second kappa shape index (κ2) is 9.32. The molecule has 0 amide bonds. The van der Waals surface area contributed by atoms with E-state index in [1.165, 1.54) is 0 Å². The molecule has 0 aliphatic rings. The van der Waals surface area contributed by atoms with E-state index in [2.05, 4.69) is 15.8 Å². The number of para-hydroxylation sites is 1. The average molecular weight is 341 g/mol. The molecule has 0 bridgehead atoms. The smallest absolute Gasteiger partial charge is 0.191 e. The summed E-state index contributed by atoms with van der Waals surface area (Å²) >= 11 is 5.18. The molecule has 2 N–H and O–H groups in total. The lowest BCUT2D eigenvalue weighted by Gasteiger charge is -2.08. The summed E-state index contributed by atoms with van der Waals surface area (Å²) in [7, 11) is 3.26. The van der Waals surface area contributed by atoms with E-state index in [4.69, 9.17) is 21.7 Å². The van der Waals surface area contributed by atoms with Crippen LogP contribution in [0.4, 0.5) is 5.69 Å². The van der Waals surface area contributed by atoms with Gasteiger partial charge in [-0.1, -0.05) is 24.3 Å². The maximum Gasteiger partial charge on any atom is 0.191 e. The van der Waals surface area contributed by atoms with Gasteiger partial charge in [0.1, 0.15) is 11.5 Å². The van der Waals surface area contributed by atoms with Crippen LogP contribution in [0.3, 0.4) is 0 Å². The lowest BCUT2D eigenvalue weighted by atomic mass is 10.2. The molecule has 0 spiro atoms. The number of nitrogens with one attached hydrogen (secondary N) is 2. The standard InChI is InChI=1S/C18H19N3O2S/c1-22-16-10-5-9-15(13-16)20-18(24)21-19-12-6-8-14-7-3-4-11-17(14)23-2/h3-13H,1-2H3,(H2,20,21,24). The van der Waals surface area contributed by atoms with Crippen LogP contribution in [-0.2, 0) is 0 Å². The summed E-state index contributed by atoms with van der Waals surface area (Å²) in [5, 5.41) is 7.46. The Balaban J connectivity index is 1.85. The number of thiocarbonyl (C=S) groups is 1. The maximum absolute atomic E-state index is 5.27. The highest BCUT2D eigenvalue weighted by atomic mass is 32.1. The monoisotopic (exact) mass is 341 g/mol. The van der Waals surface area contributed by atoms with Gasteiger partial charge in [0.15, 0.2) is 5.11 Å². The molecule has 0 saturated carbocycles. The Bertz CT molecular complexity index is 745. The Morgan fingerprint density at radius 2 is 1.92 bits per heavy atom. The molecule has 0 aliphatic carbocycles. The molecule has 2 rings (SSSR count). The largest absolute Gasteiger partial charge is 0.497 e. The first-order valence-corrected chi connectivity index (χ1v) is 7.67. The first-order valence-electron chi connectivity index (χ1n) is 7.26. The maximum atomic E-state index is 5.27. The van der Waals surface area contributed by atoms with Gasteiger partial charge in [-0.3, -0.25) is 5.43 Å². The van der Waals surface area contributed by atoms with Crippen molar-refractivity contribution in [2.45, 2.75) is 0 Å². The van der Waals surface area contributed by atoms with Gasteiger partial charge < -0.3 is 14.8 Å². The molecule has 5 nitrogen and oxygen atoms in total. The molecular weight excluding hydrogens is 322 g/mol. The van der Waals surface area contributed by atoms with Crippen LogP contribution in [0.5, 0.6) is 11.5 Å². The minimum atomic E-state index is 0.394. The van der Waals surface area contributed by atoms with E-state index in [1.807, 2.05) is 54.6 Å². The lowest BCUT2D eigenvalue weighted by Crippen LogP contribution is -2.23. The lowest BCUT2D eigenvalue weighted by molar-refractivity contribution is 0.414. The Morgan fingerprint density at radius 3 is 2.71 bits per heavy atom. The van der Waals surface area contributed by atoms with Crippen LogP contribution in [0.25, 0.3) is 6.08 Å². The van der Waals surface area contributed by atoms with Crippen LogP contribution in [0.1, 0.15) is 5.56 Å². The Kier molecular flexibility index (Phi) is 6.79. The normalized spacial score (nSPS) is 10.8. The van der Waals surface area contributed by atoms with E-state index in [0.29, 0.717) is 5.11 Å². The summed E-state index contributed by atoms with van der Waals surface area (Å²) in [5.74, 6) is 1.57. The average Bonchev–Trinajstić information content (AvgIpc) is 2.62. The van der Waals surface area contributed by atoms with E-state index in [1.54, 1.807) is 26.5 Å². The van der Waals surface area contributed by atoms with Crippen LogP contribution in [0.2, 0.25) is 0 Å². The van der Waals surface area contributed by atoms with Crippen molar-refractivity contribution in [2.75, 3.05) is 19.5 Å². The van der Waals surface area contributed by atoms with Crippen molar-refractivity contribution >= 4 is 35.3 Å². The molecule has 6 heteroatoms. The number of nitrogens with zero attached hydrogens (tertiary/aromatic N) is 1. The molecule has 0 radical (unpaired) electrons. The molecule has 2 aromatic rings. The molecule has 0 saturated heterocycles. The number of methoxy groups -OCH3 is 2. The van der Waals surface area contributed by atoms with E-state index >= 15 is 0 Å². The highest BCUT2D eigenvalue weighted by molar-refractivity contribution is 7.80. The van der Waals surface area contributed by atoms with Crippen LogP contribution in [-0.4, -0.2) is 25.5 Å². The summed E-state index contributed by atoms with van der Waals surface area (Å²) in [6.45, 7) is 0. The Labute approximate surface area is 147 Å². The molecule has 0 unspecified atom stereocenters. The highest BCUT2D eigenvalue weighted by Crippen LogP contribution is 2.18. The zero-order chi connectivity index (χ0) is 17.2. The third kappa shape index (κ3) is 5.40. The topological polar surface area (TPSA) is 54.9 Å². The van der Waals surface area contributed by atoms with Crippen molar-refractivity contribution in [1.82, 2.24) is 5.43 Å². The third-order valence-corrected chi connectivity index (χ3v) is 3.26. The van der Waals surface area contributed by atoms with Crippen molar-refractivity contribution in [3.05, 3.63) is 60.2 Å². The number of benzene rings is 2. The van der Waals surface area contributed by atoms with Gasteiger partial charge in [-0.15, -0.1) is 0 Å². The fourth-order valence-electron chi connectivity index (χ4n) is 1.95. The number of ether oxygens (including phenoxy) is 2. The quantitative estimate of drug-likeness (QED) is 0.477. The number of hydrogen-bond donors (Lipinski definition) is 2. The minimum Gasteiger partial charge on any atom is -0.497 e. The summed E-state index contributed by atoms with van der Waals surface area (Å²) in [5.41, 5.74) is 4.55. The van der Waals surface area contributed by atoms with Gasteiger partial charge in [0.2, 0.25) is 0 Å². The van der Waals surface area contributed by atoms with Crippen LogP contribution in [0, 0.1) is 0 Å². The van der Waals surface area contributed by atoms with Gasteiger partial charge in [-0.25, -0.2) is 0 Å². The number of anilines is 1. The first-order chi connectivity index (χ1) is 11.7. The predicted octanol–water partition coefficient (Wildman–Crippen LogP) is 3.69. The summed E-state index contributed by atoms with van der Waals surface area (Å²) in [4.78, 5) is 0. The molecule has 0 heterocycles. The van der Waals surface area contributed by atoms with E-state index in [9.17, 15) is 0 Å². The van der Waals surface area contributed by atoms with E-state index < -0.39 is 0 Å². The van der Waals surface area contributed by atoms with Crippen molar-refractivity contribution in [2.24, 2.45) is 5.10 Å². The second-order valence-corrected chi connectivity index (χ2v) is 5.09. The zero-order valence-electron chi connectivity index (χ0n) is 13.5. The summed E-state index contributed by atoms with van der Waals surface area (Å²) < 4.78 is 10.4. The zero-order valence-corrected chi connectivity index (χ0v) is 14.3. The van der Waals surface area contributed by atoms with Gasteiger partial charge in [0.25, 0.3) is 0 Å². The van der Waals surface area contributed by atoms with Gasteiger partial charge >= 0.3 is 0 Å². The summed E-state index contributed by atoms with van der Waals surface area (Å²) in [6, 6.07) is 15.2. The highest BCUT2D eigenvalue weighted by Gasteiger charge is 1.98. The van der Waals surface area contributed by atoms with Crippen molar-refractivity contribution in [3.8, 4) is 11.5 Å². The van der Waals surface area contributed by atoms with Crippen LogP contribution >= 0.6 is 12.2 Å². The second-order valence-electron chi connectivity index (χ2n) is 4.68. The number of hydrazone groups is 1. The molecule has 24 heavy (non-hydrogen) atoms. The van der Waals surface area contributed by atoms with Gasteiger partial charge in [0.05, 0.1) is 14.2 Å². The minimum absolute atomic E-state index is 0.394. The molecular formula is C18H19N3O2S. The Morgan fingerprint density at radius 1 is 1.08 bits per heavy atom. The van der Waals surface area contributed by atoms with E-state index in [-0.39, 0.29) is 0 Å². The van der Waals surface area contributed by atoms with Crippen LogP contribution in [0.15, 0.2) is 59.7 Å². The van der Waals surface area contributed by atoms with E-state index in [0.717, 1.165) is 22.7 Å². The predicted molar refractivity (Wildman–Crippen MR) is 103 cm³/mol. The molecule has 0 aliphatic heterocycles. The van der Waals surface area contributed by atoms with Gasteiger partial charge in [0, 0.05) is 23.5 Å². The van der Waals surface area contributed by atoms with Gasteiger partial charge in [-0.05, 0) is 42.6 Å². The molecule has 124 valence electrons. The van der Waals surface area contributed by atoms with Gasteiger partial charge in [-0.2, -0.15) is 5.10 Å². The Hall–Kier alpha value is -2.86. The fourth-order valence-corrected chi connectivity index (χ4v) is 2.12. The number of allylic oxidation sites excluding steroid dienone is 1. The third-order valence-electron chi connectivity index (χ3n) is 3.07. The van der Waals surface area contributed by atoms with Crippen molar-refractivity contribution in [1.29, 1.82) is 0 Å². The fraction of sp³-hybridized carbons (Fsp3) is 0.111. The number of hydrogen-bond acceptors (Lipinski definition) is 4. The molecule has 2 aromatic carbocycles. The van der Waals surface area contributed by atoms with Crippen molar-refractivity contribution in [3.63, 3.8) is 0 Å². The van der Waals surface area contributed by atoms with Crippen LogP contribution < -0.4 is 20.2 Å². The number of rotatable bonds is 6. The molecule has 0 aromatic heterocycles.